The molecule has 24 heavy (non-hydrogen) atoms. The first-order valence-electron chi connectivity index (χ1n) is 7.54. The van der Waals surface area contributed by atoms with E-state index in [2.05, 4.69) is 14.5 Å². The van der Waals surface area contributed by atoms with Gasteiger partial charge in [0.1, 0.15) is 5.52 Å². The van der Waals surface area contributed by atoms with Crippen molar-refractivity contribution in [3.63, 3.8) is 0 Å². The van der Waals surface area contributed by atoms with Gasteiger partial charge in [0.15, 0.2) is 10.8 Å². The van der Waals surface area contributed by atoms with Crippen molar-refractivity contribution in [2.45, 2.75) is 24.5 Å². The number of carbonyl (C=O) groups is 1. The highest BCUT2D eigenvalue weighted by Crippen LogP contribution is 2.25. The molecule has 0 fully saturated rings. The van der Waals surface area contributed by atoms with Crippen LogP contribution in [0.25, 0.3) is 11.2 Å². The predicted octanol–water partition coefficient (Wildman–Crippen LogP) is 4.09. The lowest BCUT2D eigenvalue weighted by Gasteiger charge is -2.08. The molecule has 7 heteroatoms. The summed E-state index contributed by atoms with van der Waals surface area (Å²) < 4.78 is 2.06. The molecule has 1 N–H and O–H groups in total. The number of nitrogens with zero attached hydrogens (tertiary/aromatic N) is 3. The Morgan fingerprint density at radius 1 is 1.25 bits per heavy atom. The number of benzene rings is 1. The van der Waals surface area contributed by atoms with Crippen LogP contribution in [0.4, 0.5) is 0 Å². The van der Waals surface area contributed by atoms with E-state index >= 15 is 0 Å². The van der Waals surface area contributed by atoms with Crippen molar-refractivity contribution in [3.8, 4) is 0 Å². The predicted molar refractivity (Wildman–Crippen MR) is 95.7 cm³/mol. The summed E-state index contributed by atoms with van der Waals surface area (Å²) in [6, 6.07) is 11.5. The fraction of sp³-hybridized carbons (Fsp3) is 0.235. The standard InChI is InChI=1S/C17H16ClN3O2S/c18-13-7-5-12(6-8-13)11-21-16-14(3-1-9-19-16)20-17(21)24-10-2-4-15(22)23/h1,3,5-9H,2,4,10-11H2,(H,22,23). The minimum Gasteiger partial charge on any atom is -0.481 e. The Hall–Kier alpha value is -2.05. The van der Waals surface area contributed by atoms with E-state index in [-0.39, 0.29) is 6.42 Å². The zero-order chi connectivity index (χ0) is 16.9. The van der Waals surface area contributed by atoms with E-state index in [1.54, 1.807) is 18.0 Å². The first-order valence-corrected chi connectivity index (χ1v) is 8.90. The van der Waals surface area contributed by atoms with Gasteiger partial charge >= 0.3 is 5.97 Å². The molecular weight excluding hydrogens is 346 g/mol. The van der Waals surface area contributed by atoms with Gasteiger partial charge in [0.05, 0.1) is 6.54 Å². The van der Waals surface area contributed by atoms with E-state index in [4.69, 9.17) is 16.7 Å². The van der Waals surface area contributed by atoms with E-state index in [0.29, 0.717) is 23.7 Å². The fourth-order valence-electron chi connectivity index (χ4n) is 2.35. The van der Waals surface area contributed by atoms with Gasteiger partial charge in [-0.3, -0.25) is 9.36 Å². The van der Waals surface area contributed by atoms with E-state index < -0.39 is 5.97 Å². The molecule has 0 aliphatic carbocycles. The van der Waals surface area contributed by atoms with E-state index in [1.807, 2.05) is 36.4 Å². The highest BCUT2D eigenvalue weighted by molar-refractivity contribution is 7.99. The average Bonchev–Trinajstić information content (AvgIpc) is 2.91. The molecule has 0 spiro atoms. The third-order valence-corrected chi connectivity index (χ3v) is 4.80. The number of halogens is 1. The molecule has 2 aromatic heterocycles. The monoisotopic (exact) mass is 361 g/mol. The SMILES string of the molecule is O=C(O)CCCSc1nc2cccnc2n1Cc1ccc(Cl)cc1. The molecule has 0 aliphatic heterocycles. The summed E-state index contributed by atoms with van der Waals surface area (Å²) in [5.74, 6) is -0.0668. The van der Waals surface area contributed by atoms with Gasteiger partial charge in [0, 0.05) is 23.4 Å². The number of pyridine rings is 1. The van der Waals surface area contributed by atoms with Gasteiger partial charge in [-0.1, -0.05) is 35.5 Å². The van der Waals surface area contributed by atoms with Crippen LogP contribution >= 0.6 is 23.4 Å². The number of fused-ring (bicyclic) bond motifs is 1. The maximum absolute atomic E-state index is 10.6. The van der Waals surface area contributed by atoms with Gasteiger partial charge in [-0.15, -0.1) is 0 Å². The Labute approximate surface area is 148 Å². The summed E-state index contributed by atoms with van der Waals surface area (Å²) in [4.78, 5) is 19.7. The van der Waals surface area contributed by atoms with E-state index in [1.165, 1.54) is 0 Å². The van der Waals surface area contributed by atoms with Crippen molar-refractivity contribution >= 4 is 40.5 Å². The first kappa shape index (κ1) is 16.8. The number of imidazole rings is 1. The third kappa shape index (κ3) is 4.07. The van der Waals surface area contributed by atoms with Gasteiger partial charge in [-0.05, 0) is 36.2 Å². The molecule has 3 rings (SSSR count). The lowest BCUT2D eigenvalue weighted by molar-refractivity contribution is -0.137. The molecule has 0 atom stereocenters. The molecule has 0 unspecified atom stereocenters. The molecule has 0 aliphatic rings. The zero-order valence-electron chi connectivity index (χ0n) is 12.9. The number of thioether (sulfide) groups is 1. The molecule has 5 nitrogen and oxygen atoms in total. The van der Waals surface area contributed by atoms with Gasteiger partial charge < -0.3 is 5.11 Å². The largest absolute Gasteiger partial charge is 0.481 e. The normalized spacial score (nSPS) is 11.0. The topological polar surface area (TPSA) is 68.0 Å². The summed E-state index contributed by atoms with van der Waals surface area (Å²) in [7, 11) is 0. The second-order valence-electron chi connectivity index (χ2n) is 5.30. The van der Waals surface area contributed by atoms with Crippen LogP contribution in [0.1, 0.15) is 18.4 Å². The Morgan fingerprint density at radius 2 is 2.04 bits per heavy atom. The molecule has 3 aromatic rings. The first-order chi connectivity index (χ1) is 11.6. The molecule has 0 amide bonds. The molecule has 1 aromatic carbocycles. The van der Waals surface area contributed by atoms with E-state index in [0.717, 1.165) is 21.9 Å². The second kappa shape index (κ2) is 7.68. The molecule has 0 saturated carbocycles. The number of hydrogen-bond donors (Lipinski definition) is 1. The lowest BCUT2D eigenvalue weighted by Crippen LogP contribution is -2.03. The van der Waals surface area contributed by atoms with Crippen LogP contribution in [0, 0.1) is 0 Å². The molecule has 124 valence electrons. The smallest absolute Gasteiger partial charge is 0.303 e. The maximum atomic E-state index is 10.6. The minimum atomic E-state index is -0.771. The molecule has 0 saturated heterocycles. The summed E-state index contributed by atoms with van der Waals surface area (Å²) in [5.41, 5.74) is 2.78. The lowest BCUT2D eigenvalue weighted by atomic mass is 10.2. The third-order valence-electron chi connectivity index (χ3n) is 3.49. The zero-order valence-corrected chi connectivity index (χ0v) is 14.4. The highest BCUT2D eigenvalue weighted by Gasteiger charge is 2.12. The number of aromatic nitrogens is 3. The van der Waals surface area contributed by atoms with Crippen molar-refractivity contribution in [3.05, 3.63) is 53.2 Å². The minimum absolute atomic E-state index is 0.169. The summed E-state index contributed by atoms with van der Waals surface area (Å²) in [5, 5.41) is 10.3. The van der Waals surface area contributed by atoms with Crippen LogP contribution in [-0.4, -0.2) is 31.4 Å². The van der Waals surface area contributed by atoms with Gasteiger partial charge in [0.25, 0.3) is 0 Å². The van der Waals surface area contributed by atoms with Crippen LogP contribution in [0.5, 0.6) is 0 Å². The number of carboxylic acid groups (broad SMARTS) is 1. The van der Waals surface area contributed by atoms with Crippen molar-refractivity contribution in [2.75, 3.05) is 5.75 Å². The number of hydrogen-bond acceptors (Lipinski definition) is 4. The maximum Gasteiger partial charge on any atom is 0.303 e. The van der Waals surface area contributed by atoms with Gasteiger partial charge in [0.2, 0.25) is 0 Å². The number of aliphatic carboxylic acids is 1. The van der Waals surface area contributed by atoms with Crippen LogP contribution in [0.15, 0.2) is 47.8 Å². The number of carboxylic acids is 1. The van der Waals surface area contributed by atoms with Gasteiger partial charge in [-0.25, -0.2) is 9.97 Å². The Bertz CT molecular complexity index is 849. The van der Waals surface area contributed by atoms with Crippen molar-refractivity contribution in [1.82, 2.24) is 14.5 Å². The fourth-order valence-corrected chi connectivity index (χ4v) is 3.42. The van der Waals surface area contributed by atoms with Crippen LogP contribution in [0.2, 0.25) is 5.02 Å². The summed E-state index contributed by atoms with van der Waals surface area (Å²) >= 11 is 7.51. The Balaban J connectivity index is 1.84. The van der Waals surface area contributed by atoms with E-state index in [9.17, 15) is 4.79 Å². The molecule has 0 radical (unpaired) electrons. The van der Waals surface area contributed by atoms with Crippen molar-refractivity contribution in [2.24, 2.45) is 0 Å². The number of rotatable bonds is 7. The second-order valence-corrected chi connectivity index (χ2v) is 6.80. The quantitative estimate of drug-likeness (QED) is 0.507. The molecule has 0 bridgehead atoms. The summed E-state index contributed by atoms with van der Waals surface area (Å²) in [6.45, 7) is 0.645. The summed E-state index contributed by atoms with van der Waals surface area (Å²) in [6.07, 6.45) is 2.53. The molecule has 2 heterocycles. The van der Waals surface area contributed by atoms with Gasteiger partial charge in [-0.2, -0.15) is 0 Å². The van der Waals surface area contributed by atoms with Crippen LogP contribution in [0.3, 0.4) is 0 Å². The van der Waals surface area contributed by atoms with Crippen molar-refractivity contribution < 1.29 is 9.90 Å². The molecular formula is C17H16ClN3O2S. The van der Waals surface area contributed by atoms with Crippen LogP contribution in [-0.2, 0) is 11.3 Å². The van der Waals surface area contributed by atoms with Crippen LogP contribution < -0.4 is 0 Å². The van der Waals surface area contributed by atoms with Crippen molar-refractivity contribution in [1.29, 1.82) is 0 Å². The average molecular weight is 362 g/mol. The highest BCUT2D eigenvalue weighted by atomic mass is 35.5. The Morgan fingerprint density at radius 3 is 2.79 bits per heavy atom. The Kier molecular flexibility index (Phi) is 5.37.